The fourth-order valence-electron chi connectivity index (χ4n) is 1.82. The minimum atomic E-state index is 0.332. The van der Waals surface area contributed by atoms with Crippen LogP contribution in [0.3, 0.4) is 0 Å². The maximum atomic E-state index is 6.26. The van der Waals surface area contributed by atoms with Crippen LogP contribution in [0.15, 0.2) is 12.1 Å². The summed E-state index contributed by atoms with van der Waals surface area (Å²) in [4.78, 5) is 2.16. The molecule has 1 aromatic rings. The van der Waals surface area contributed by atoms with Gasteiger partial charge in [0.25, 0.3) is 0 Å². The fraction of sp³-hybridized carbons (Fsp3) is 0.538. The zero-order valence-corrected chi connectivity index (χ0v) is 12.6. The van der Waals surface area contributed by atoms with Gasteiger partial charge < -0.3 is 15.4 Å². The summed E-state index contributed by atoms with van der Waals surface area (Å²) in [5, 5.41) is 1.16. The number of nitrogens with two attached hydrogens (primary N) is 1. The van der Waals surface area contributed by atoms with Crippen molar-refractivity contribution in [2.24, 2.45) is 0 Å². The highest BCUT2D eigenvalue weighted by Crippen LogP contribution is 2.37. The predicted octanol–water partition coefficient (Wildman–Crippen LogP) is 3.83. The Bertz CT molecular complexity index is 376. The van der Waals surface area contributed by atoms with Crippen molar-refractivity contribution in [3.63, 3.8) is 0 Å². The van der Waals surface area contributed by atoms with Crippen molar-refractivity contribution >= 4 is 34.6 Å². The lowest BCUT2D eigenvalue weighted by molar-refractivity contribution is 0.203. The number of benzene rings is 1. The summed E-state index contributed by atoms with van der Waals surface area (Å²) < 4.78 is 5.14. The zero-order valence-electron chi connectivity index (χ0n) is 11.0. The normalized spacial score (nSPS) is 12.5. The van der Waals surface area contributed by atoms with Crippen LogP contribution in [-0.2, 0) is 4.74 Å². The van der Waals surface area contributed by atoms with Crippen LogP contribution in [0.1, 0.15) is 20.3 Å². The van der Waals surface area contributed by atoms with E-state index in [2.05, 4.69) is 18.7 Å². The smallest absolute Gasteiger partial charge is 0.0749 e. The van der Waals surface area contributed by atoms with Gasteiger partial charge in [0.15, 0.2) is 0 Å². The number of halogens is 2. The standard InChI is InChI=1S/C13H20Cl2N2O/c1-4-9(2)17(5-6-18-3)13-11(14)7-10(16)8-12(13)15/h7-9H,4-6,16H2,1-3H3. The quantitative estimate of drug-likeness (QED) is 0.810. The van der Waals surface area contributed by atoms with Crippen molar-refractivity contribution in [1.29, 1.82) is 0 Å². The highest BCUT2D eigenvalue weighted by Gasteiger charge is 2.19. The predicted molar refractivity (Wildman–Crippen MR) is 79.8 cm³/mol. The highest BCUT2D eigenvalue weighted by atomic mass is 35.5. The number of nitrogens with zero attached hydrogens (tertiary/aromatic N) is 1. The minimum Gasteiger partial charge on any atom is -0.399 e. The Morgan fingerprint density at radius 1 is 1.33 bits per heavy atom. The average molecular weight is 291 g/mol. The number of rotatable bonds is 6. The molecule has 0 aromatic heterocycles. The largest absolute Gasteiger partial charge is 0.399 e. The number of hydrogen-bond acceptors (Lipinski definition) is 3. The molecule has 1 rings (SSSR count). The van der Waals surface area contributed by atoms with E-state index < -0.39 is 0 Å². The van der Waals surface area contributed by atoms with E-state index in [1.54, 1.807) is 19.2 Å². The number of nitrogen functional groups attached to an aromatic ring is 1. The van der Waals surface area contributed by atoms with Gasteiger partial charge in [-0.05, 0) is 25.5 Å². The second kappa shape index (κ2) is 7.07. The molecular weight excluding hydrogens is 271 g/mol. The molecule has 1 aromatic carbocycles. The van der Waals surface area contributed by atoms with Crippen molar-refractivity contribution in [2.45, 2.75) is 26.3 Å². The van der Waals surface area contributed by atoms with E-state index in [9.17, 15) is 0 Å². The highest BCUT2D eigenvalue weighted by molar-refractivity contribution is 6.39. The third kappa shape index (κ3) is 3.67. The summed E-state index contributed by atoms with van der Waals surface area (Å²) in [6, 6.07) is 3.79. The third-order valence-electron chi connectivity index (χ3n) is 2.99. The summed E-state index contributed by atoms with van der Waals surface area (Å²) in [5.41, 5.74) is 7.13. The summed E-state index contributed by atoms with van der Waals surface area (Å²) in [6.45, 7) is 5.64. The van der Waals surface area contributed by atoms with E-state index in [-0.39, 0.29) is 0 Å². The van der Waals surface area contributed by atoms with E-state index in [0.29, 0.717) is 28.4 Å². The monoisotopic (exact) mass is 290 g/mol. The van der Waals surface area contributed by atoms with Crippen LogP contribution >= 0.6 is 23.2 Å². The first-order valence-electron chi connectivity index (χ1n) is 6.01. The Kier molecular flexibility index (Phi) is 6.06. The second-order valence-electron chi connectivity index (χ2n) is 4.28. The van der Waals surface area contributed by atoms with Gasteiger partial charge in [0.1, 0.15) is 0 Å². The maximum absolute atomic E-state index is 6.26. The number of hydrogen-bond donors (Lipinski definition) is 1. The fourth-order valence-corrected chi connectivity index (χ4v) is 2.54. The molecule has 0 spiro atoms. The molecule has 0 aliphatic carbocycles. The Hall–Kier alpha value is -0.640. The molecule has 0 saturated heterocycles. The van der Waals surface area contributed by atoms with E-state index in [1.807, 2.05) is 0 Å². The van der Waals surface area contributed by atoms with Crippen molar-refractivity contribution in [3.05, 3.63) is 22.2 Å². The summed E-state index contributed by atoms with van der Waals surface area (Å²) in [7, 11) is 1.68. The van der Waals surface area contributed by atoms with Crippen LogP contribution in [0.4, 0.5) is 11.4 Å². The molecule has 2 N–H and O–H groups in total. The molecule has 0 bridgehead atoms. The summed E-state index contributed by atoms with van der Waals surface area (Å²) in [6.07, 6.45) is 1.00. The van der Waals surface area contributed by atoms with Crippen molar-refractivity contribution < 1.29 is 4.74 Å². The number of anilines is 2. The molecule has 18 heavy (non-hydrogen) atoms. The molecule has 0 radical (unpaired) electrons. The van der Waals surface area contributed by atoms with Crippen molar-refractivity contribution in [3.8, 4) is 0 Å². The van der Waals surface area contributed by atoms with Crippen LogP contribution in [0.5, 0.6) is 0 Å². The summed E-state index contributed by atoms with van der Waals surface area (Å²) >= 11 is 12.5. The van der Waals surface area contributed by atoms with Crippen LogP contribution in [0.25, 0.3) is 0 Å². The van der Waals surface area contributed by atoms with Crippen LogP contribution in [-0.4, -0.2) is 26.3 Å². The Morgan fingerprint density at radius 3 is 2.33 bits per heavy atom. The minimum absolute atomic E-state index is 0.332. The van der Waals surface area contributed by atoms with Gasteiger partial charge in [0.2, 0.25) is 0 Å². The zero-order chi connectivity index (χ0) is 13.7. The molecule has 0 heterocycles. The van der Waals surface area contributed by atoms with Crippen LogP contribution in [0.2, 0.25) is 10.0 Å². The Morgan fingerprint density at radius 2 is 1.89 bits per heavy atom. The van der Waals surface area contributed by atoms with Gasteiger partial charge in [0, 0.05) is 25.4 Å². The Balaban J connectivity index is 3.11. The lowest BCUT2D eigenvalue weighted by atomic mass is 10.1. The molecule has 102 valence electrons. The third-order valence-corrected chi connectivity index (χ3v) is 3.56. The van der Waals surface area contributed by atoms with Gasteiger partial charge in [-0.3, -0.25) is 0 Å². The van der Waals surface area contributed by atoms with Gasteiger partial charge >= 0.3 is 0 Å². The van der Waals surface area contributed by atoms with Gasteiger partial charge in [-0.2, -0.15) is 0 Å². The molecule has 0 saturated carbocycles. The number of ether oxygens (including phenoxy) is 1. The molecule has 0 fully saturated rings. The van der Waals surface area contributed by atoms with Crippen molar-refractivity contribution in [2.75, 3.05) is 30.9 Å². The van der Waals surface area contributed by atoms with Gasteiger partial charge in [-0.1, -0.05) is 30.1 Å². The first kappa shape index (κ1) is 15.4. The first-order chi connectivity index (χ1) is 8.51. The SMILES string of the molecule is CCC(C)N(CCOC)c1c(Cl)cc(N)cc1Cl. The molecule has 0 amide bonds. The molecule has 3 nitrogen and oxygen atoms in total. The summed E-state index contributed by atoms with van der Waals surface area (Å²) in [5.74, 6) is 0. The first-order valence-corrected chi connectivity index (χ1v) is 6.76. The number of methoxy groups -OCH3 is 1. The molecular formula is C13H20Cl2N2O. The molecule has 0 aliphatic heterocycles. The van der Waals surface area contributed by atoms with Gasteiger partial charge in [-0.15, -0.1) is 0 Å². The van der Waals surface area contributed by atoms with E-state index in [0.717, 1.165) is 18.7 Å². The lowest BCUT2D eigenvalue weighted by Gasteiger charge is -2.32. The molecule has 1 unspecified atom stereocenters. The maximum Gasteiger partial charge on any atom is 0.0749 e. The van der Waals surface area contributed by atoms with Gasteiger partial charge in [-0.25, -0.2) is 0 Å². The molecule has 5 heteroatoms. The van der Waals surface area contributed by atoms with E-state index >= 15 is 0 Å². The molecule has 0 aliphatic rings. The van der Waals surface area contributed by atoms with Crippen LogP contribution < -0.4 is 10.6 Å². The lowest BCUT2D eigenvalue weighted by Crippen LogP contribution is -2.35. The van der Waals surface area contributed by atoms with E-state index in [1.165, 1.54) is 0 Å². The van der Waals surface area contributed by atoms with Crippen LogP contribution in [0, 0.1) is 0 Å². The average Bonchev–Trinajstić information content (AvgIpc) is 2.31. The van der Waals surface area contributed by atoms with Gasteiger partial charge in [0.05, 0.1) is 22.3 Å². The molecule has 1 atom stereocenters. The van der Waals surface area contributed by atoms with E-state index in [4.69, 9.17) is 33.7 Å². The second-order valence-corrected chi connectivity index (χ2v) is 5.09. The topological polar surface area (TPSA) is 38.5 Å². The Labute approximate surface area is 119 Å². The van der Waals surface area contributed by atoms with Crippen molar-refractivity contribution in [1.82, 2.24) is 0 Å².